The quantitative estimate of drug-likeness (QED) is 0.888. The Morgan fingerprint density at radius 1 is 1.24 bits per heavy atom. The minimum absolute atomic E-state index is 0.855. The van der Waals surface area contributed by atoms with Gasteiger partial charge in [-0.05, 0) is 18.4 Å². The van der Waals surface area contributed by atoms with E-state index in [-0.39, 0.29) is 0 Å². The maximum Gasteiger partial charge on any atom is 0.0974 e. The van der Waals surface area contributed by atoms with Crippen LogP contribution in [-0.4, -0.2) is 18.1 Å². The van der Waals surface area contributed by atoms with Gasteiger partial charge < -0.3 is 5.32 Å². The molecule has 0 amide bonds. The van der Waals surface area contributed by atoms with E-state index >= 15 is 0 Å². The lowest BCUT2D eigenvalue weighted by atomic mass is 10.1. The predicted molar refractivity (Wildman–Crippen MR) is 72.7 cm³/mol. The Bertz CT molecular complexity index is 431. The molecule has 1 aliphatic rings. The number of aryl methyl sites for hydroxylation is 1. The van der Waals surface area contributed by atoms with Crippen LogP contribution < -0.4 is 5.32 Å². The largest absolute Gasteiger partial charge is 0.387 e. The van der Waals surface area contributed by atoms with Crippen molar-refractivity contribution in [1.82, 2.24) is 5.32 Å². The summed E-state index contributed by atoms with van der Waals surface area (Å²) >= 11 is 1.83. The van der Waals surface area contributed by atoms with Crippen molar-refractivity contribution in [2.75, 3.05) is 18.1 Å². The van der Waals surface area contributed by atoms with Gasteiger partial charge in [0.2, 0.25) is 0 Å². The van der Waals surface area contributed by atoms with Crippen LogP contribution in [0.5, 0.6) is 0 Å². The molecule has 0 unspecified atom stereocenters. The van der Waals surface area contributed by atoms with Gasteiger partial charge in [0.05, 0.1) is 11.6 Å². The second-order valence-corrected chi connectivity index (χ2v) is 5.14. The summed E-state index contributed by atoms with van der Waals surface area (Å²) in [5.74, 6) is 1.94. The highest BCUT2D eigenvalue weighted by Crippen LogP contribution is 2.17. The van der Waals surface area contributed by atoms with Crippen LogP contribution in [0.1, 0.15) is 12.0 Å². The van der Waals surface area contributed by atoms with Gasteiger partial charge in [0.15, 0.2) is 0 Å². The van der Waals surface area contributed by atoms with Gasteiger partial charge in [-0.2, -0.15) is 17.0 Å². The van der Waals surface area contributed by atoms with Crippen LogP contribution in [0.4, 0.5) is 0 Å². The highest BCUT2D eigenvalue weighted by Gasteiger charge is 2.10. The number of hydrogen-bond donors (Lipinski definition) is 1. The van der Waals surface area contributed by atoms with Gasteiger partial charge in [0.25, 0.3) is 0 Å². The fraction of sp³-hybridized carbons (Fsp3) is 0.357. The van der Waals surface area contributed by atoms with Crippen LogP contribution in [0.2, 0.25) is 0 Å². The number of benzene rings is 1. The fourth-order valence-corrected chi connectivity index (χ4v) is 2.73. The van der Waals surface area contributed by atoms with Crippen LogP contribution in [-0.2, 0) is 6.42 Å². The lowest BCUT2D eigenvalue weighted by Crippen LogP contribution is -2.16. The van der Waals surface area contributed by atoms with Crippen molar-refractivity contribution in [2.24, 2.45) is 0 Å². The van der Waals surface area contributed by atoms with E-state index in [0.717, 1.165) is 42.2 Å². The Morgan fingerprint density at radius 2 is 2.06 bits per heavy atom. The highest BCUT2D eigenvalue weighted by molar-refractivity contribution is 7.99. The van der Waals surface area contributed by atoms with Crippen molar-refractivity contribution in [3.05, 3.63) is 47.2 Å². The van der Waals surface area contributed by atoms with E-state index in [1.54, 1.807) is 0 Å². The molecule has 0 aromatic heterocycles. The molecule has 0 atom stereocenters. The summed E-state index contributed by atoms with van der Waals surface area (Å²) in [5, 5.41) is 12.5. The average Bonchev–Trinajstić information content (AvgIpc) is 2.62. The molecular weight excluding hydrogens is 228 g/mol. The minimum atomic E-state index is 0.855. The second kappa shape index (κ2) is 6.36. The van der Waals surface area contributed by atoms with Gasteiger partial charge in [-0.1, -0.05) is 30.3 Å². The summed E-state index contributed by atoms with van der Waals surface area (Å²) in [6, 6.07) is 12.8. The smallest absolute Gasteiger partial charge is 0.0974 e. The number of rotatable bonds is 3. The SMILES string of the molecule is N#CC1=C(CCc2ccccc2)NCCSC1. The molecule has 2 rings (SSSR count). The summed E-state index contributed by atoms with van der Waals surface area (Å²) in [6.45, 7) is 0.972. The molecule has 0 spiro atoms. The third-order valence-corrected chi connectivity index (χ3v) is 3.82. The second-order valence-electron chi connectivity index (χ2n) is 4.03. The molecule has 17 heavy (non-hydrogen) atoms. The molecule has 1 aromatic rings. The number of hydrogen-bond acceptors (Lipinski definition) is 3. The van der Waals surface area contributed by atoms with Crippen LogP contribution in [0.15, 0.2) is 41.6 Å². The Kier molecular flexibility index (Phi) is 4.52. The first-order valence-corrected chi connectivity index (χ1v) is 7.03. The number of allylic oxidation sites excluding steroid dienone is 1. The van der Waals surface area contributed by atoms with E-state index < -0.39 is 0 Å². The summed E-state index contributed by atoms with van der Waals surface area (Å²) in [7, 11) is 0. The third kappa shape index (κ3) is 3.54. The number of nitrogens with zero attached hydrogens (tertiary/aromatic N) is 1. The molecule has 2 nitrogen and oxygen atoms in total. The molecule has 3 heteroatoms. The Morgan fingerprint density at radius 3 is 2.82 bits per heavy atom. The van der Waals surface area contributed by atoms with Gasteiger partial charge in [-0.25, -0.2) is 0 Å². The normalized spacial score (nSPS) is 15.9. The van der Waals surface area contributed by atoms with Crippen molar-refractivity contribution in [3.8, 4) is 6.07 Å². The maximum atomic E-state index is 9.12. The van der Waals surface area contributed by atoms with Crippen molar-refractivity contribution >= 4 is 11.8 Å². The van der Waals surface area contributed by atoms with Gasteiger partial charge in [0.1, 0.15) is 0 Å². The van der Waals surface area contributed by atoms with Crippen molar-refractivity contribution in [1.29, 1.82) is 5.26 Å². The average molecular weight is 244 g/mol. The first kappa shape index (κ1) is 12.1. The van der Waals surface area contributed by atoms with Crippen LogP contribution >= 0.6 is 11.8 Å². The lowest BCUT2D eigenvalue weighted by molar-refractivity contribution is 0.773. The van der Waals surface area contributed by atoms with E-state index in [9.17, 15) is 0 Å². The maximum absolute atomic E-state index is 9.12. The van der Waals surface area contributed by atoms with Crippen molar-refractivity contribution in [2.45, 2.75) is 12.8 Å². The van der Waals surface area contributed by atoms with Crippen molar-refractivity contribution in [3.63, 3.8) is 0 Å². The molecule has 0 aliphatic carbocycles. The van der Waals surface area contributed by atoms with E-state index in [0.29, 0.717) is 0 Å². The number of nitriles is 1. The molecule has 0 radical (unpaired) electrons. The molecule has 1 aliphatic heterocycles. The van der Waals surface area contributed by atoms with E-state index in [2.05, 4.69) is 35.7 Å². The first-order chi connectivity index (χ1) is 8.40. The number of nitrogens with one attached hydrogen (secondary N) is 1. The van der Waals surface area contributed by atoms with Crippen LogP contribution in [0, 0.1) is 11.3 Å². The molecule has 0 saturated carbocycles. The van der Waals surface area contributed by atoms with E-state index in [4.69, 9.17) is 5.26 Å². The highest BCUT2D eigenvalue weighted by atomic mass is 32.2. The lowest BCUT2D eigenvalue weighted by Gasteiger charge is -2.09. The van der Waals surface area contributed by atoms with Crippen molar-refractivity contribution < 1.29 is 0 Å². The summed E-state index contributed by atoms with van der Waals surface area (Å²) in [4.78, 5) is 0. The first-order valence-electron chi connectivity index (χ1n) is 5.88. The Hall–Kier alpha value is -1.40. The fourth-order valence-electron chi connectivity index (χ4n) is 1.90. The van der Waals surface area contributed by atoms with Gasteiger partial charge >= 0.3 is 0 Å². The van der Waals surface area contributed by atoms with E-state index in [1.165, 1.54) is 5.56 Å². The Labute approximate surface area is 107 Å². The zero-order valence-corrected chi connectivity index (χ0v) is 10.6. The molecule has 0 bridgehead atoms. The summed E-state index contributed by atoms with van der Waals surface area (Å²) in [6.07, 6.45) is 1.94. The molecule has 1 N–H and O–H groups in total. The third-order valence-electron chi connectivity index (χ3n) is 2.84. The summed E-state index contributed by atoms with van der Waals surface area (Å²) in [5.41, 5.74) is 3.39. The van der Waals surface area contributed by atoms with Gasteiger partial charge in [-0.15, -0.1) is 0 Å². The monoisotopic (exact) mass is 244 g/mol. The zero-order chi connectivity index (χ0) is 11.9. The van der Waals surface area contributed by atoms with Crippen LogP contribution in [0.25, 0.3) is 0 Å². The van der Waals surface area contributed by atoms with Gasteiger partial charge in [-0.3, -0.25) is 0 Å². The molecule has 0 fully saturated rings. The Balaban J connectivity index is 2.01. The molecule has 0 saturated heterocycles. The molecule has 88 valence electrons. The van der Waals surface area contributed by atoms with Crippen LogP contribution in [0.3, 0.4) is 0 Å². The standard InChI is InChI=1S/C14H16N2S/c15-10-13-11-17-9-8-16-14(13)7-6-12-4-2-1-3-5-12/h1-5,16H,6-9,11H2. The van der Waals surface area contributed by atoms with E-state index in [1.807, 2.05) is 17.8 Å². The minimum Gasteiger partial charge on any atom is -0.387 e. The predicted octanol–water partition coefficient (Wildman–Crippen LogP) is 2.73. The number of thioether (sulfide) groups is 1. The molecule has 1 heterocycles. The van der Waals surface area contributed by atoms with Gasteiger partial charge in [0, 0.05) is 23.7 Å². The molecule has 1 aromatic carbocycles. The molecular formula is C14H16N2S. The zero-order valence-electron chi connectivity index (χ0n) is 9.78. The summed E-state index contributed by atoms with van der Waals surface area (Å²) < 4.78 is 0. The topological polar surface area (TPSA) is 35.8 Å².